The van der Waals surface area contributed by atoms with Gasteiger partial charge in [-0.05, 0) is 35.0 Å². The third-order valence-electron chi connectivity index (χ3n) is 5.56. The third kappa shape index (κ3) is 1.96. The maximum Gasteiger partial charge on any atom is 0.165 e. The number of ketones is 1. The van der Waals surface area contributed by atoms with Crippen LogP contribution in [0, 0.1) is 16.7 Å². The van der Waals surface area contributed by atoms with Crippen LogP contribution in [0.3, 0.4) is 0 Å². The molecule has 1 heteroatoms. The Morgan fingerprint density at radius 2 is 1.74 bits per heavy atom. The van der Waals surface area contributed by atoms with Gasteiger partial charge in [-0.2, -0.15) is 0 Å². The Hall–Kier alpha value is -1.37. The first-order chi connectivity index (χ1) is 8.84. The van der Waals surface area contributed by atoms with E-state index >= 15 is 0 Å². The molecule has 0 aromatic heterocycles. The number of hydrogen-bond acceptors (Lipinski definition) is 1. The maximum atomic E-state index is 12.8. The van der Waals surface area contributed by atoms with E-state index in [2.05, 4.69) is 52.8 Å². The number of rotatable bonds is 2. The molecule has 2 rings (SSSR count). The Kier molecular flexibility index (Phi) is 3.42. The van der Waals surface area contributed by atoms with Crippen molar-refractivity contribution in [3.8, 4) is 0 Å². The maximum absolute atomic E-state index is 12.8. The van der Waals surface area contributed by atoms with E-state index in [1.807, 2.05) is 18.2 Å². The molecule has 19 heavy (non-hydrogen) atoms. The zero-order chi connectivity index (χ0) is 14.3. The van der Waals surface area contributed by atoms with Crippen molar-refractivity contribution in [1.29, 1.82) is 0 Å². The van der Waals surface area contributed by atoms with Gasteiger partial charge in [-0.15, -0.1) is 0 Å². The van der Waals surface area contributed by atoms with E-state index in [4.69, 9.17) is 0 Å². The van der Waals surface area contributed by atoms with Crippen LogP contribution in [0.25, 0.3) is 6.08 Å². The summed E-state index contributed by atoms with van der Waals surface area (Å²) in [7, 11) is 0. The van der Waals surface area contributed by atoms with Gasteiger partial charge in [-0.1, -0.05) is 65.0 Å². The lowest BCUT2D eigenvalue weighted by Gasteiger charge is -2.38. The average Bonchev–Trinajstić information content (AvgIpc) is 2.53. The summed E-state index contributed by atoms with van der Waals surface area (Å²) in [5.41, 5.74) is 1.88. The predicted octanol–water partition coefficient (Wildman–Crippen LogP) is 4.73. The molecule has 1 aliphatic carbocycles. The standard InChI is InChI=1S/C18H24O/c1-6-18(5)16(19)15(13(2)17(18,3)4)12-14-10-8-7-9-11-14/h7-13H,6H2,1-5H3/b15-12+. The van der Waals surface area contributed by atoms with Gasteiger partial charge in [0.2, 0.25) is 0 Å². The summed E-state index contributed by atoms with van der Waals surface area (Å²) < 4.78 is 0. The van der Waals surface area contributed by atoms with Crippen molar-refractivity contribution in [2.24, 2.45) is 16.7 Å². The van der Waals surface area contributed by atoms with Crippen molar-refractivity contribution < 1.29 is 4.79 Å². The molecule has 0 radical (unpaired) electrons. The van der Waals surface area contributed by atoms with Crippen LogP contribution in [0.1, 0.15) is 46.6 Å². The first-order valence-corrected chi connectivity index (χ1v) is 7.16. The highest BCUT2D eigenvalue weighted by atomic mass is 16.1. The average molecular weight is 256 g/mol. The quantitative estimate of drug-likeness (QED) is 0.699. The molecule has 1 saturated carbocycles. The first kappa shape index (κ1) is 14.0. The fraction of sp³-hybridized carbons (Fsp3) is 0.500. The van der Waals surface area contributed by atoms with Crippen molar-refractivity contribution in [3.05, 3.63) is 41.5 Å². The molecule has 1 aliphatic rings. The van der Waals surface area contributed by atoms with Crippen LogP contribution in [0.15, 0.2) is 35.9 Å². The molecule has 1 aromatic carbocycles. The molecule has 2 atom stereocenters. The SMILES string of the molecule is CCC1(C)C(=O)/C(=C/c2ccccc2)C(C)C1(C)C. The van der Waals surface area contributed by atoms with Gasteiger partial charge in [-0.3, -0.25) is 4.79 Å². The zero-order valence-corrected chi connectivity index (χ0v) is 12.7. The van der Waals surface area contributed by atoms with Gasteiger partial charge in [-0.25, -0.2) is 0 Å². The number of carbonyl (C=O) groups is 1. The molecule has 0 heterocycles. The van der Waals surface area contributed by atoms with Crippen LogP contribution in [-0.2, 0) is 4.79 Å². The van der Waals surface area contributed by atoms with Gasteiger partial charge >= 0.3 is 0 Å². The summed E-state index contributed by atoms with van der Waals surface area (Å²) in [4.78, 5) is 12.8. The van der Waals surface area contributed by atoms with Gasteiger partial charge in [0, 0.05) is 5.41 Å². The Morgan fingerprint density at radius 1 is 1.16 bits per heavy atom. The molecule has 1 aromatic rings. The second kappa shape index (κ2) is 4.63. The third-order valence-corrected chi connectivity index (χ3v) is 5.56. The molecule has 0 N–H and O–H groups in total. The van der Waals surface area contributed by atoms with Crippen LogP contribution < -0.4 is 0 Å². The van der Waals surface area contributed by atoms with Crippen molar-refractivity contribution in [3.63, 3.8) is 0 Å². The minimum absolute atomic E-state index is 0.0133. The van der Waals surface area contributed by atoms with E-state index in [1.165, 1.54) is 0 Å². The molecule has 0 saturated heterocycles. The lowest BCUT2D eigenvalue weighted by molar-refractivity contribution is -0.126. The summed E-state index contributed by atoms with van der Waals surface area (Å²) in [5, 5.41) is 0. The minimum Gasteiger partial charge on any atom is -0.294 e. The molecule has 2 unspecified atom stereocenters. The van der Waals surface area contributed by atoms with Crippen molar-refractivity contribution in [2.45, 2.75) is 41.0 Å². The van der Waals surface area contributed by atoms with Gasteiger partial charge in [0.15, 0.2) is 5.78 Å². The van der Waals surface area contributed by atoms with E-state index in [0.29, 0.717) is 11.7 Å². The molecule has 0 spiro atoms. The zero-order valence-electron chi connectivity index (χ0n) is 12.7. The van der Waals surface area contributed by atoms with E-state index in [9.17, 15) is 4.79 Å². The molecule has 0 amide bonds. The molecule has 1 fully saturated rings. The van der Waals surface area contributed by atoms with Gasteiger partial charge in [0.25, 0.3) is 0 Å². The largest absolute Gasteiger partial charge is 0.294 e. The van der Waals surface area contributed by atoms with Gasteiger partial charge in [0.1, 0.15) is 0 Å². The van der Waals surface area contributed by atoms with E-state index in [1.54, 1.807) is 0 Å². The highest BCUT2D eigenvalue weighted by molar-refractivity contribution is 6.06. The number of Topliss-reactive ketones (excluding diaryl/α,β-unsaturated/α-hetero) is 1. The lowest BCUT2D eigenvalue weighted by Crippen LogP contribution is -2.36. The lowest BCUT2D eigenvalue weighted by atomic mass is 9.64. The Labute approximate surface area is 116 Å². The molecule has 0 aliphatic heterocycles. The monoisotopic (exact) mass is 256 g/mol. The van der Waals surface area contributed by atoms with Crippen LogP contribution in [0.4, 0.5) is 0 Å². The van der Waals surface area contributed by atoms with Gasteiger partial charge < -0.3 is 0 Å². The second-order valence-electron chi connectivity index (χ2n) is 6.47. The van der Waals surface area contributed by atoms with Crippen molar-refractivity contribution in [1.82, 2.24) is 0 Å². The summed E-state index contributed by atoms with van der Waals surface area (Å²) in [6.07, 6.45) is 2.98. The van der Waals surface area contributed by atoms with E-state index in [-0.39, 0.29) is 10.8 Å². The number of allylic oxidation sites excluding steroid dienone is 1. The molecular formula is C18H24O. The molecule has 102 valence electrons. The topological polar surface area (TPSA) is 17.1 Å². The summed E-state index contributed by atoms with van der Waals surface area (Å²) in [6.45, 7) is 10.9. The number of carbonyl (C=O) groups excluding carboxylic acids is 1. The summed E-state index contributed by atoms with van der Waals surface area (Å²) in [5.74, 6) is 0.626. The van der Waals surface area contributed by atoms with Crippen LogP contribution >= 0.6 is 0 Å². The van der Waals surface area contributed by atoms with Gasteiger partial charge in [0.05, 0.1) is 0 Å². The van der Waals surface area contributed by atoms with Crippen LogP contribution in [0.5, 0.6) is 0 Å². The van der Waals surface area contributed by atoms with Crippen LogP contribution in [-0.4, -0.2) is 5.78 Å². The Morgan fingerprint density at radius 3 is 2.21 bits per heavy atom. The predicted molar refractivity (Wildman–Crippen MR) is 80.8 cm³/mol. The minimum atomic E-state index is -0.243. The molecular weight excluding hydrogens is 232 g/mol. The van der Waals surface area contributed by atoms with Crippen molar-refractivity contribution >= 4 is 11.9 Å². The second-order valence-corrected chi connectivity index (χ2v) is 6.47. The molecule has 0 bridgehead atoms. The normalized spacial score (nSPS) is 31.9. The fourth-order valence-electron chi connectivity index (χ4n) is 3.21. The van der Waals surface area contributed by atoms with Crippen molar-refractivity contribution in [2.75, 3.05) is 0 Å². The highest BCUT2D eigenvalue weighted by Gasteiger charge is 2.56. The fourth-order valence-corrected chi connectivity index (χ4v) is 3.21. The summed E-state index contributed by atoms with van der Waals surface area (Å²) >= 11 is 0. The molecule has 1 nitrogen and oxygen atoms in total. The first-order valence-electron chi connectivity index (χ1n) is 7.16. The van der Waals surface area contributed by atoms with E-state index in [0.717, 1.165) is 17.6 Å². The Bertz CT molecular complexity index is 510. The Balaban J connectivity index is 2.50. The highest BCUT2D eigenvalue weighted by Crippen LogP contribution is 2.57. The summed E-state index contributed by atoms with van der Waals surface area (Å²) in [6, 6.07) is 10.1. The number of benzene rings is 1. The van der Waals surface area contributed by atoms with Crippen LogP contribution in [0.2, 0.25) is 0 Å². The van der Waals surface area contributed by atoms with E-state index < -0.39 is 0 Å². The number of hydrogen-bond donors (Lipinski definition) is 0. The smallest absolute Gasteiger partial charge is 0.165 e.